The van der Waals surface area contributed by atoms with E-state index in [1.807, 2.05) is 0 Å². The summed E-state index contributed by atoms with van der Waals surface area (Å²) in [5, 5.41) is -6.65. The Hall–Kier alpha value is -6.18. The maximum Gasteiger partial charge on any atom is 0.136 e. The fraction of sp³-hybridized carbons (Fsp3) is 0. The zero-order valence-corrected chi connectivity index (χ0v) is 23.4. The largest absolute Gasteiger partial charge is 0.456 e. The molecule has 9 aromatic carbocycles. The zero-order chi connectivity index (χ0) is 55.3. The lowest BCUT2D eigenvalue weighted by molar-refractivity contribution is 0.669. The Morgan fingerprint density at radius 1 is 0.298 bits per heavy atom. The second kappa shape index (κ2) is 10.2. The molecule has 0 aliphatic carbocycles. The van der Waals surface area contributed by atoms with Gasteiger partial charge >= 0.3 is 0 Å². The van der Waals surface area contributed by atoms with Crippen LogP contribution in [0, 0.1) is 0 Å². The fourth-order valence-electron chi connectivity index (χ4n) is 6.01. The van der Waals surface area contributed by atoms with Gasteiger partial charge in [0.25, 0.3) is 0 Å². The number of rotatable bonds is 3. The molecule has 0 N–H and O–H groups in total. The number of furan rings is 1. The first-order chi connectivity index (χ1) is 35.0. The van der Waals surface area contributed by atoms with E-state index in [9.17, 15) is 11.0 Å². The summed E-state index contributed by atoms with van der Waals surface area (Å²) in [7, 11) is 0. The minimum Gasteiger partial charge on any atom is -0.456 e. The van der Waals surface area contributed by atoms with Gasteiger partial charge in [0.05, 0.1) is 38.4 Å². The van der Waals surface area contributed by atoms with E-state index in [1.165, 1.54) is 0 Å². The van der Waals surface area contributed by atoms with Crippen molar-refractivity contribution >= 4 is 65.0 Å². The van der Waals surface area contributed by atoms with Crippen molar-refractivity contribution in [1.29, 1.82) is 0 Å². The third-order valence-corrected chi connectivity index (χ3v) is 7.89. The number of hydrogen-bond acceptors (Lipinski definition) is 1. The molecule has 0 bridgehead atoms. The van der Waals surface area contributed by atoms with Gasteiger partial charge in [0, 0.05) is 10.8 Å². The summed E-state index contributed by atoms with van der Waals surface area (Å²) in [5.41, 5.74) is -6.18. The van der Waals surface area contributed by atoms with Crippen LogP contribution in [0.25, 0.3) is 98.4 Å². The molecule has 1 aromatic heterocycles. The SMILES string of the molecule is [2H]c1c([2H])c([2H])c(-c2c([2H])c([2H])c([2H])c3oc4c([2H])c([2H])c5c([2H])c([2H])c([2H])c([2H])c5c4c23)c(-c2c3c([2H])c([2H])c([2H])c([2H])c3c(-c3c([2H])c([2H])c([2H])c4c([2H])c([2H])c([2H])c([2H])c34)c3c([2H])c([2H])c([2H])c([2H])c23)c1[2H]. The molecule has 0 amide bonds. The summed E-state index contributed by atoms with van der Waals surface area (Å²) in [6.45, 7) is 0. The van der Waals surface area contributed by atoms with E-state index in [1.54, 1.807) is 0 Å². The van der Waals surface area contributed by atoms with Crippen molar-refractivity contribution in [3.8, 4) is 33.4 Å². The minimum absolute atomic E-state index is 0.485. The van der Waals surface area contributed by atoms with Crippen LogP contribution >= 0.6 is 0 Å². The topological polar surface area (TPSA) is 13.1 Å². The van der Waals surface area contributed by atoms with Gasteiger partial charge < -0.3 is 4.42 Å². The standard InChI is InChI=1S/C46H28O/c1-3-16-31-29(13-1)15-11-24-34(31)43-37-20-7-9-22-39(37)44(40-23-10-8-21-38(40)43)35-19-6-5-18-33(35)36-25-12-26-41-46(36)45-32-17-4-2-14-30(32)27-28-42(45)47-41/h1-28H/i1D,2D,3D,4D,5D,6D,7D,8D,9D,10D,11D,12D,13D,14D,15D,16D,17D,18D,19D,20D,21D,22D,23D,24D,25D,26D,27D,28D. The van der Waals surface area contributed by atoms with Crippen LogP contribution < -0.4 is 0 Å². The van der Waals surface area contributed by atoms with Gasteiger partial charge in [-0.05, 0) is 88.6 Å². The van der Waals surface area contributed by atoms with Crippen molar-refractivity contribution in [3.63, 3.8) is 0 Å². The lowest BCUT2D eigenvalue weighted by atomic mass is 9.82. The second-order valence-corrected chi connectivity index (χ2v) is 10.3. The molecule has 1 heterocycles. The Bertz CT molecular complexity index is 4350. The van der Waals surface area contributed by atoms with Gasteiger partial charge in [-0.25, -0.2) is 0 Å². The maximum absolute atomic E-state index is 9.71. The van der Waals surface area contributed by atoms with Crippen LogP contribution in [0.15, 0.2) is 174 Å². The molecular formula is C46H28O. The lowest BCUT2D eigenvalue weighted by Gasteiger charge is -2.20. The van der Waals surface area contributed by atoms with Crippen LogP contribution in [-0.2, 0) is 0 Å². The highest BCUT2D eigenvalue weighted by Gasteiger charge is 2.22. The third kappa shape index (κ3) is 3.84. The molecule has 1 nitrogen and oxygen atoms in total. The number of hydrogen-bond donors (Lipinski definition) is 0. The van der Waals surface area contributed by atoms with E-state index >= 15 is 0 Å². The van der Waals surface area contributed by atoms with Crippen LogP contribution in [0.4, 0.5) is 0 Å². The van der Waals surface area contributed by atoms with Crippen LogP contribution in [0.2, 0.25) is 0 Å². The first-order valence-corrected chi connectivity index (χ1v) is 13.9. The van der Waals surface area contributed by atoms with Gasteiger partial charge in [0.15, 0.2) is 0 Å². The van der Waals surface area contributed by atoms with Gasteiger partial charge in [0.2, 0.25) is 0 Å². The lowest BCUT2D eigenvalue weighted by Crippen LogP contribution is -1.93. The van der Waals surface area contributed by atoms with Crippen molar-refractivity contribution in [2.24, 2.45) is 0 Å². The van der Waals surface area contributed by atoms with Crippen LogP contribution in [0.3, 0.4) is 0 Å². The van der Waals surface area contributed by atoms with E-state index in [0.717, 1.165) is 0 Å². The van der Waals surface area contributed by atoms with Gasteiger partial charge in [-0.2, -0.15) is 0 Å². The van der Waals surface area contributed by atoms with Gasteiger partial charge in [-0.3, -0.25) is 0 Å². The Morgan fingerprint density at radius 3 is 1.45 bits per heavy atom. The van der Waals surface area contributed by atoms with Crippen molar-refractivity contribution in [3.05, 3.63) is 169 Å². The van der Waals surface area contributed by atoms with E-state index in [4.69, 9.17) is 31.8 Å². The molecule has 0 spiro atoms. The highest BCUT2D eigenvalue weighted by atomic mass is 16.3. The van der Waals surface area contributed by atoms with Crippen molar-refractivity contribution in [2.75, 3.05) is 0 Å². The predicted octanol–water partition coefficient (Wildman–Crippen LogP) is 13.2. The molecule has 0 fully saturated rings. The first kappa shape index (κ1) is 10.7. The normalized spacial score (nSPS) is 20.2. The Kier molecular flexibility index (Phi) is 2.31. The Morgan fingerprint density at radius 2 is 0.745 bits per heavy atom. The molecule has 0 aliphatic rings. The highest BCUT2D eigenvalue weighted by molar-refractivity contribution is 6.26. The molecule has 0 unspecified atom stereocenters. The molecular weight excluding hydrogens is 569 g/mol. The van der Waals surface area contributed by atoms with Crippen molar-refractivity contribution in [2.45, 2.75) is 0 Å². The van der Waals surface area contributed by atoms with E-state index in [2.05, 4.69) is 0 Å². The van der Waals surface area contributed by atoms with E-state index < -0.39 is 268 Å². The minimum atomic E-state index is -1.11. The molecule has 0 saturated heterocycles. The highest BCUT2D eigenvalue weighted by Crippen LogP contribution is 2.49. The summed E-state index contributed by atoms with van der Waals surface area (Å²) in [5.74, 6) is 0. The zero-order valence-electron chi connectivity index (χ0n) is 51.4. The van der Waals surface area contributed by atoms with Gasteiger partial charge in [0.1, 0.15) is 11.2 Å². The summed E-state index contributed by atoms with van der Waals surface area (Å²) in [4.78, 5) is 0. The molecule has 10 rings (SSSR count). The molecule has 0 atom stereocenters. The molecule has 47 heavy (non-hydrogen) atoms. The van der Waals surface area contributed by atoms with E-state index in [0.29, 0.717) is 0 Å². The molecule has 10 aromatic rings. The van der Waals surface area contributed by atoms with Crippen LogP contribution in [0.5, 0.6) is 0 Å². The maximum atomic E-state index is 9.71. The summed E-state index contributed by atoms with van der Waals surface area (Å²) >= 11 is 0. The third-order valence-electron chi connectivity index (χ3n) is 7.89. The molecule has 0 radical (unpaired) electrons. The Labute approximate surface area is 311 Å². The molecule has 0 aliphatic heterocycles. The van der Waals surface area contributed by atoms with Crippen molar-refractivity contribution in [1.82, 2.24) is 0 Å². The first-order valence-electron chi connectivity index (χ1n) is 27.9. The molecule has 1 heteroatoms. The summed E-state index contributed by atoms with van der Waals surface area (Å²) < 4.78 is 260. The monoisotopic (exact) mass is 624 g/mol. The number of benzene rings is 9. The quantitative estimate of drug-likeness (QED) is 0.178. The van der Waals surface area contributed by atoms with Gasteiger partial charge in [-0.1, -0.05) is 157 Å². The van der Waals surface area contributed by atoms with Crippen molar-refractivity contribution < 1.29 is 42.8 Å². The molecule has 218 valence electrons. The average molecular weight is 625 g/mol. The fourth-order valence-corrected chi connectivity index (χ4v) is 6.01. The molecule has 0 saturated carbocycles. The summed E-state index contributed by atoms with van der Waals surface area (Å²) in [6, 6.07) is -26.9. The Balaban J connectivity index is 1.60. The second-order valence-electron chi connectivity index (χ2n) is 10.3. The average Bonchev–Trinajstić information content (AvgIpc) is 3.78. The summed E-state index contributed by atoms with van der Waals surface area (Å²) in [6.07, 6.45) is 0. The van der Waals surface area contributed by atoms with Crippen LogP contribution in [-0.4, -0.2) is 0 Å². The predicted molar refractivity (Wildman–Crippen MR) is 200 cm³/mol. The van der Waals surface area contributed by atoms with Gasteiger partial charge in [-0.15, -0.1) is 0 Å². The van der Waals surface area contributed by atoms with Crippen LogP contribution in [0.1, 0.15) is 38.4 Å². The smallest absolute Gasteiger partial charge is 0.136 e. The number of fused-ring (bicyclic) bond motifs is 8. The van der Waals surface area contributed by atoms with E-state index in [-0.39, 0.29) is 0 Å².